The summed E-state index contributed by atoms with van der Waals surface area (Å²) in [5.41, 5.74) is 2.25. The Hall–Kier alpha value is -1.93. The van der Waals surface area contributed by atoms with E-state index in [-0.39, 0.29) is 12.1 Å². The van der Waals surface area contributed by atoms with Gasteiger partial charge in [0.2, 0.25) is 0 Å². The monoisotopic (exact) mass is 347 g/mol. The molecule has 1 saturated heterocycles. The number of nitrogens with one attached hydrogen (secondary N) is 3. The molecule has 3 N–H and O–H groups in total. The molecule has 1 aliphatic heterocycles. The van der Waals surface area contributed by atoms with E-state index in [1.54, 1.807) is 17.7 Å². The van der Waals surface area contributed by atoms with Gasteiger partial charge in [-0.15, -0.1) is 11.3 Å². The van der Waals surface area contributed by atoms with Crippen molar-refractivity contribution in [3.63, 3.8) is 0 Å². The van der Waals surface area contributed by atoms with E-state index in [9.17, 15) is 4.79 Å². The highest BCUT2D eigenvalue weighted by molar-refractivity contribution is 7.15. The van der Waals surface area contributed by atoms with Crippen LogP contribution in [-0.4, -0.2) is 40.2 Å². The number of hydrogen-bond donors (Lipinski definition) is 3. The van der Waals surface area contributed by atoms with Crippen LogP contribution in [0, 0.1) is 0 Å². The number of thiazole rings is 1. The van der Waals surface area contributed by atoms with Crippen LogP contribution in [0.2, 0.25) is 0 Å². The normalized spacial score (nSPS) is 21.2. The zero-order valence-electron chi connectivity index (χ0n) is 13.4. The van der Waals surface area contributed by atoms with E-state index in [4.69, 9.17) is 4.74 Å². The smallest absolute Gasteiger partial charge is 0.321 e. The van der Waals surface area contributed by atoms with Crippen molar-refractivity contribution in [3.05, 3.63) is 28.8 Å². The lowest BCUT2D eigenvalue weighted by Crippen LogP contribution is -2.41. The highest BCUT2D eigenvalue weighted by atomic mass is 32.1. The molecule has 2 aliphatic rings. The van der Waals surface area contributed by atoms with Gasteiger partial charge in [0.25, 0.3) is 0 Å². The molecule has 1 atom stereocenters. The number of ether oxygens (including phenoxy) is 1. The van der Waals surface area contributed by atoms with E-state index < -0.39 is 0 Å². The van der Waals surface area contributed by atoms with Crippen molar-refractivity contribution in [2.75, 3.05) is 18.5 Å². The minimum Gasteiger partial charge on any atom is -0.381 e. The first-order chi connectivity index (χ1) is 11.8. The predicted octanol–water partition coefficient (Wildman–Crippen LogP) is 2.44. The SMILES string of the molecule is O=C(Nc1ncc(C2CCOCC2)s1)NC1CCc2nc[nH]c2C1. The number of urea groups is 1. The van der Waals surface area contributed by atoms with Crippen LogP contribution in [0.25, 0.3) is 0 Å². The third kappa shape index (κ3) is 3.44. The van der Waals surface area contributed by atoms with Gasteiger partial charge in [-0.2, -0.15) is 0 Å². The van der Waals surface area contributed by atoms with Crippen LogP contribution in [0.1, 0.15) is 41.4 Å². The highest BCUT2D eigenvalue weighted by Crippen LogP contribution is 2.32. The van der Waals surface area contributed by atoms with Crippen molar-refractivity contribution in [2.45, 2.75) is 44.1 Å². The molecule has 7 nitrogen and oxygen atoms in total. The van der Waals surface area contributed by atoms with Crippen molar-refractivity contribution in [1.82, 2.24) is 20.3 Å². The van der Waals surface area contributed by atoms with Crippen molar-refractivity contribution >= 4 is 22.5 Å². The number of aromatic nitrogens is 3. The number of aromatic amines is 1. The van der Waals surface area contributed by atoms with Gasteiger partial charge in [0.05, 0.1) is 12.0 Å². The van der Waals surface area contributed by atoms with Crippen molar-refractivity contribution < 1.29 is 9.53 Å². The number of H-pyrrole nitrogens is 1. The predicted molar refractivity (Wildman–Crippen MR) is 91.5 cm³/mol. The fourth-order valence-corrected chi connectivity index (χ4v) is 4.34. The molecule has 2 aromatic rings. The number of imidazole rings is 1. The number of nitrogens with zero attached hydrogens (tertiary/aromatic N) is 2. The largest absolute Gasteiger partial charge is 0.381 e. The highest BCUT2D eigenvalue weighted by Gasteiger charge is 2.23. The van der Waals surface area contributed by atoms with Gasteiger partial charge in [0.15, 0.2) is 5.13 Å². The second-order valence-corrected chi connectivity index (χ2v) is 7.38. The quantitative estimate of drug-likeness (QED) is 0.795. The molecule has 8 heteroatoms. The summed E-state index contributed by atoms with van der Waals surface area (Å²) in [4.78, 5) is 25.2. The Bertz CT molecular complexity index is 707. The second-order valence-electron chi connectivity index (χ2n) is 6.32. The molecule has 2 aromatic heterocycles. The topological polar surface area (TPSA) is 91.9 Å². The fraction of sp³-hybridized carbons (Fsp3) is 0.562. The van der Waals surface area contributed by atoms with Crippen LogP contribution in [0.15, 0.2) is 12.5 Å². The van der Waals surface area contributed by atoms with Crippen LogP contribution < -0.4 is 10.6 Å². The molecule has 3 heterocycles. The van der Waals surface area contributed by atoms with E-state index in [1.165, 1.54) is 4.88 Å². The van der Waals surface area contributed by atoms with Gasteiger partial charge in [0, 0.05) is 42.4 Å². The zero-order chi connectivity index (χ0) is 16.4. The van der Waals surface area contributed by atoms with Crippen molar-refractivity contribution in [1.29, 1.82) is 0 Å². The van der Waals surface area contributed by atoms with Gasteiger partial charge in [0.1, 0.15) is 0 Å². The Morgan fingerprint density at radius 1 is 1.29 bits per heavy atom. The van der Waals surface area contributed by atoms with Gasteiger partial charge in [-0.05, 0) is 31.6 Å². The zero-order valence-corrected chi connectivity index (χ0v) is 14.2. The number of amides is 2. The van der Waals surface area contributed by atoms with E-state index in [0.29, 0.717) is 11.0 Å². The number of carbonyl (C=O) groups excluding carboxylic acids is 1. The summed E-state index contributed by atoms with van der Waals surface area (Å²) in [6.45, 7) is 1.62. The number of rotatable bonds is 3. The Kier molecular flexibility index (Phi) is 4.48. The minimum absolute atomic E-state index is 0.132. The van der Waals surface area contributed by atoms with Gasteiger partial charge in [-0.1, -0.05) is 0 Å². The molecule has 0 radical (unpaired) electrons. The Morgan fingerprint density at radius 3 is 3.04 bits per heavy atom. The molecule has 0 bridgehead atoms. The Labute approximate surface area is 144 Å². The molecule has 2 amide bonds. The minimum atomic E-state index is -0.184. The average molecular weight is 347 g/mol. The molecule has 0 aromatic carbocycles. The maximum absolute atomic E-state index is 12.2. The molecule has 1 aliphatic carbocycles. The average Bonchev–Trinajstić information content (AvgIpc) is 3.24. The summed E-state index contributed by atoms with van der Waals surface area (Å²) < 4.78 is 5.39. The summed E-state index contributed by atoms with van der Waals surface area (Å²) in [5.74, 6) is 0.506. The fourth-order valence-electron chi connectivity index (χ4n) is 3.36. The maximum Gasteiger partial charge on any atom is 0.321 e. The first kappa shape index (κ1) is 15.6. The summed E-state index contributed by atoms with van der Waals surface area (Å²) in [7, 11) is 0. The van der Waals surface area contributed by atoms with E-state index in [0.717, 1.165) is 56.7 Å². The first-order valence-corrected chi connectivity index (χ1v) is 9.21. The van der Waals surface area contributed by atoms with E-state index >= 15 is 0 Å². The number of fused-ring (bicyclic) bond motifs is 1. The number of aryl methyl sites for hydroxylation is 1. The summed E-state index contributed by atoms with van der Waals surface area (Å²) in [6.07, 6.45) is 8.28. The van der Waals surface area contributed by atoms with Crippen molar-refractivity contribution in [3.8, 4) is 0 Å². The number of carbonyl (C=O) groups is 1. The van der Waals surface area contributed by atoms with Crippen LogP contribution >= 0.6 is 11.3 Å². The lowest BCUT2D eigenvalue weighted by Gasteiger charge is -2.22. The molecule has 128 valence electrons. The summed E-state index contributed by atoms with van der Waals surface area (Å²) in [5, 5.41) is 6.56. The lowest BCUT2D eigenvalue weighted by molar-refractivity contribution is 0.0860. The van der Waals surface area contributed by atoms with E-state index in [2.05, 4.69) is 25.6 Å². The molecule has 1 unspecified atom stereocenters. The summed E-state index contributed by atoms with van der Waals surface area (Å²) >= 11 is 1.56. The van der Waals surface area contributed by atoms with Crippen LogP contribution in [-0.2, 0) is 17.6 Å². The maximum atomic E-state index is 12.2. The second kappa shape index (κ2) is 6.90. The van der Waals surface area contributed by atoms with Gasteiger partial charge in [-0.25, -0.2) is 14.8 Å². The Balaban J connectivity index is 1.31. The molecular formula is C16H21N5O2S. The first-order valence-electron chi connectivity index (χ1n) is 8.40. The molecule has 0 spiro atoms. The third-order valence-electron chi connectivity index (χ3n) is 4.69. The van der Waals surface area contributed by atoms with Gasteiger partial charge < -0.3 is 15.0 Å². The van der Waals surface area contributed by atoms with Crippen LogP contribution in [0.5, 0.6) is 0 Å². The molecule has 4 rings (SSSR count). The number of hydrogen-bond acceptors (Lipinski definition) is 5. The number of anilines is 1. The van der Waals surface area contributed by atoms with Crippen LogP contribution in [0.4, 0.5) is 9.93 Å². The molecule has 1 fully saturated rings. The molecular weight excluding hydrogens is 326 g/mol. The van der Waals surface area contributed by atoms with Crippen molar-refractivity contribution in [2.24, 2.45) is 0 Å². The van der Waals surface area contributed by atoms with E-state index in [1.807, 2.05) is 6.20 Å². The lowest BCUT2D eigenvalue weighted by atomic mass is 9.96. The Morgan fingerprint density at radius 2 is 2.17 bits per heavy atom. The third-order valence-corrected chi connectivity index (χ3v) is 5.77. The van der Waals surface area contributed by atoms with Gasteiger partial charge in [-0.3, -0.25) is 5.32 Å². The molecule has 0 saturated carbocycles. The standard InChI is InChI=1S/C16H21N5O2S/c22-15(20-11-1-2-12-13(7-11)19-9-18-12)21-16-17-8-14(24-16)10-3-5-23-6-4-10/h8-11H,1-7H2,(H,18,19)(H2,17,20,21,22). The van der Waals surface area contributed by atoms with Gasteiger partial charge >= 0.3 is 6.03 Å². The molecule has 24 heavy (non-hydrogen) atoms. The van der Waals surface area contributed by atoms with Crippen LogP contribution in [0.3, 0.4) is 0 Å². The summed E-state index contributed by atoms with van der Waals surface area (Å²) in [6, 6.07) is -0.0521.